The molecule has 1 heterocycles. The number of rotatable bonds is 4. The van der Waals surface area contributed by atoms with Gasteiger partial charge < -0.3 is 14.8 Å². The van der Waals surface area contributed by atoms with Crippen LogP contribution in [0.3, 0.4) is 0 Å². The molecular weight excluding hydrogens is 208 g/mol. The zero-order chi connectivity index (χ0) is 12.0. The largest absolute Gasteiger partial charge is 0.475 e. The van der Waals surface area contributed by atoms with E-state index in [-0.39, 0.29) is 5.76 Å². The molecule has 0 radical (unpaired) electrons. The van der Waals surface area contributed by atoms with E-state index >= 15 is 0 Å². The van der Waals surface area contributed by atoms with Gasteiger partial charge in [0, 0.05) is 6.07 Å². The molecule has 0 unspecified atom stereocenters. The molecule has 1 aromatic rings. The van der Waals surface area contributed by atoms with E-state index in [4.69, 9.17) is 9.52 Å². The Bertz CT molecular complexity index is 412. The zero-order valence-electron chi connectivity index (χ0n) is 9.28. The van der Waals surface area contributed by atoms with Crippen LogP contribution in [-0.4, -0.2) is 43.2 Å². The second kappa shape index (κ2) is 5.83. The number of carboxylic acids is 1. The van der Waals surface area contributed by atoms with Crippen LogP contribution in [0.5, 0.6) is 0 Å². The van der Waals surface area contributed by atoms with Gasteiger partial charge in [-0.25, -0.2) is 4.79 Å². The topological polar surface area (TPSA) is 65.7 Å². The maximum Gasteiger partial charge on any atom is 0.371 e. The summed E-state index contributed by atoms with van der Waals surface area (Å²) < 4.78 is 4.98. The highest BCUT2D eigenvalue weighted by atomic mass is 16.4. The van der Waals surface area contributed by atoms with Gasteiger partial charge in [0.15, 0.2) is 5.88 Å². The lowest BCUT2D eigenvalue weighted by atomic mass is 10.4. The average Bonchev–Trinajstić information content (AvgIpc) is 2.65. The van der Waals surface area contributed by atoms with Gasteiger partial charge in [-0.1, -0.05) is 11.8 Å². The van der Waals surface area contributed by atoms with E-state index in [1.165, 1.54) is 6.07 Å². The van der Waals surface area contributed by atoms with Gasteiger partial charge in [-0.05, 0) is 20.2 Å². The molecule has 0 spiro atoms. The van der Waals surface area contributed by atoms with E-state index in [1.54, 1.807) is 6.07 Å². The van der Waals surface area contributed by atoms with Crippen LogP contribution < -0.4 is 5.32 Å². The van der Waals surface area contributed by atoms with Crippen LogP contribution in [0, 0.1) is 11.8 Å². The Hall–Kier alpha value is -1.93. The average molecular weight is 222 g/mol. The SMILES string of the molecule is CN(C)CC#CCNc1ccc(C(=O)O)o1. The molecule has 1 aromatic heterocycles. The molecular formula is C11H14N2O3. The number of carbonyl (C=O) groups is 1. The summed E-state index contributed by atoms with van der Waals surface area (Å²) >= 11 is 0. The number of furan rings is 1. The van der Waals surface area contributed by atoms with Crippen LogP contribution in [0.2, 0.25) is 0 Å². The van der Waals surface area contributed by atoms with Crippen LogP contribution in [0.1, 0.15) is 10.6 Å². The van der Waals surface area contributed by atoms with Gasteiger partial charge in [-0.15, -0.1) is 0 Å². The van der Waals surface area contributed by atoms with Crippen LogP contribution in [0.4, 0.5) is 5.88 Å². The van der Waals surface area contributed by atoms with E-state index in [9.17, 15) is 4.79 Å². The summed E-state index contributed by atoms with van der Waals surface area (Å²) in [6.07, 6.45) is 0. The van der Waals surface area contributed by atoms with E-state index in [0.717, 1.165) is 0 Å². The molecule has 0 fully saturated rings. The first-order valence-electron chi connectivity index (χ1n) is 4.77. The predicted molar refractivity (Wildman–Crippen MR) is 60.5 cm³/mol. The molecule has 0 saturated carbocycles. The van der Waals surface area contributed by atoms with E-state index < -0.39 is 5.97 Å². The zero-order valence-corrected chi connectivity index (χ0v) is 9.28. The van der Waals surface area contributed by atoms with Crippen LogP contribution in [0.25, 0.3) is 0 Å². The molecule has 5 nitrogen and oxygen atoms in total. The Morgan fingerprint density at radius 1 is 1.50 bits per heavy atom. The fraction of sp³-hybridized carbons (Fsp3) is 0.364. The number of hydrogen-bond acceptors (Lipinski definition) is 4. The maximum absolute atomic E-state index is 10.5. The fourth-order valence-electron chi connectivity index (χ4n) is 0.956. The number of aromatic carboxylic acids is 1. The first kappa shape index (κ1) is 12.1. The summed E-state index contributed by atoms with van der Waals surface area (Å²) in [4.78, 5) is 12.5. The van der Waals surface area contributed by atoms with Gasteiger partial charge >= 0.3 is 5.97 Å². The lowest BCUT2D eigenvalue weighted by molar-refractivity contribution is 0.0663. The van der Waals surface area contributed by atoms with Crippen molar-refractivity contribution in [3.05, 3.63) is 17.9 Å². The summed E-state index contributed by atoms with van der Waals surface area (Å²) in [5, 5.41) is 11.5. The highest BCUT2D eigenvalue weighted by molar-refractivity contribution is 5.84. The molecule has 0 saturated heterocycles. The summed E-state index contributed by atoms with van der Waals surface area (Å²) in [6.45, 7) is 1.13. The molecule has 0 bridgehead atoms. The van der Waals surface area contributed by atoms with Gasteiger partial charge in [0.2, 0.25) is 5.76 Å². The lowest BCUT2D eigenvalue weighted by Crippen LogP contribution is -2.11. The van der Waals surface area contributed by atoms with Crippen LogP contribution >= 0.6 is 0 Å². The molecule has 1 rings (SSSR count). The van der Waals surface area contributed by atoms with Gasteiger partial charge in [-0.2, -0.15) is 0 Å². The van der Waals surface area contributed by atoms with E-state index in [2.05, 4.69) is 17.2 Å². The van der Waals surface area contributed by atoms with Crippen molar-refractivity contribution < 1.29 is 14.3 Å². The van der Waals surface area contributed by atoms with Crippen molar-refractivity contribution in [3.63, 3.8) is 0 Å². The molecule has 0 aliphatic rings. The Kier molecular flexibility index (Phi) is 4.42. The van der Waals surface area contributed by atoms with Crippen molar-refractivity contribution in [3.8, 4) is 11.8 Å². The highest BCUT2D eigenvalue weighted by Crippen LogP contribution is 2.12. The molecule has 0 amide bonds. The molecule has 16 heavy (non-hydrogen) atoms. The van der Waals surface area contributed by atoms with Gasteiger partial charge in [0.05, 0.1) is 13.1 Å². The second-order valence-electron chi connectivity index (χ2n) is 3.41. The number of hydrogen-bond donors (Lipinski definition) is 2. The minimum Gasteiger partial charge on any atom is -0.475 e. The van der Waals surface area contributed by atoms with Gasteiger partial charge in [0.25, 0.3) is 0 Å². The monoisotopic (exact) mass is 222 g/mol. The van der Waals surface area contributed by atoms with E-state index in [1.807, 2.05) is 19.0 Å². The van der Waals surface area contributed by atoms with Crippen LogP contribution in [-0.2, 0) is 0 Å². The number of carboxylic acid groups (broad SMARTS) is 1. The highest BCUT2D eigenvalue weighted by Gasteiger charge is 2.07. The first-order chi connectivity index (χ1) is 7.59. The standard InChI is InChI=1S/C11H14N2O3/c1-13(2)8-4-3-7-12-10-6-5-9(16-10)11(14)15/h5-6,12H,7-8H2,1-2H3,(H,14,15). The lowest BCUT2D eigenvalue weighted by Gasteiger charge is -2.01. The molecule has 86 valence electrons. The predicted octanol–water partition coefficient (Wildman–Crippen LogP) is 0.955. The van der Waals surface area contributed by atoms with Crippen LogP contribution in [0.15, 0.2) is 16.5 Å². The first-order valence-corrected chi connectivity index (χ1v) is 4.77. The van der Waals surface area contributed by atoms with Gasteiger partial charge in [0.1, 0.15) is 0 Å². The number of nitrogens with one attached hydrogen (secondary N) is 1. The fourth-order valence-corrected chi connectivity index (χ4v) is 0.956. The van der Waals surface area contributed by atoms with E-state index in [0.29, 0.717) is 19.0 Å². The minimum atomic E-state index is -1.08. The second-order valence-corrected chi connectivity index (χ2v) is 3.41. The minimum absolute atomic E-state index is 0.0799. The summed E-state index contributed by atoms with van der Waals surface area (Å²) in [6, 6.07) is 2.97. The normalized spacial score (nSPS) is 9.69. The Labute approximate surface area is 94.0 Å². The Morgan fingerprint density at radius 3 is 2.81 bits per heavy atom. The smallest absolute Gasteiger partial charge is 0.371 e. The van der Waals surface area contributed by atoms with Gasteiger partial charge in [-0.3, -0.25) is 4.90 Å². The summed E-state index contributed by atoms with van der Waals surface area (Å²) in [7, 11) is 3.88. The Balaban J connectivity index is 2.36. The third kappa shape index (κ3) is 4.07. The molecule has 0 aromatic carbocycles. The third-order valence-electron chi connectivity index (χ3n) is 1.69. The number of anilines is 1. The molecule has 0 aliphatic heterocycles. The molecule has 5 heteroatoms. The third-order valence-corrected chi connectivity index (χ3v) is 1.69. The summed E-state index contributed by atoms with van der Waals surface area (Å²) in [5.41, 5.74) is 0. The maximum atomic E-state index is 10.5. The molecule has 2 N–H and O–H groups in total. The Morgan fingerprint density at radius 2 is 2.25 bits per heavy atom. The van der Waals surface area contributed by atoms with Crippen molar-refractivity contribution >= 4 is 11.9 Å². The number of nitrogens with zero attached hydrogens (tertiary/aromatic N) is 1. The van der Waals surface area contributed by atoms with Crippen molar-refractivity contribution in [1.29, 1.82) is 0 Å². The quantitative estimate of drug-likeness (QED) is 0.743. The molecule has 0 atom stereocenters. The summed E-state index contributed by atoms with van der Waals surface area (Å²) in [5.74, 6) is 5.09. The van der Waals surface area contributed by atoms with Crippen molar-refractivity contribution in [2.45, 2.75) is 0 Å². The van der Waals surface area contributed by atoms with Crippen molar-refractivity contribution in [2.24, 2.45) is 0 Å². The van der Waals surface area contributed by atoms with Crippen molar-refractivity contribution in [2.75, 3.05) is 32.5 Å². The molecule has 0 aliphatic carbocycles. The van der Waals surface area contributed by atoms with Crippen molar-refractivity contribution in [1.82, 2.24) is 4.90 Å².